The van der Waals surface area contributed by atoms with E-state index in [0.717, 1.165) is 0 Å². The number of hydrogen-bond donors (Lipinski definition) is 2. The van der Waals surface area contributed by atoms with Crippen LogP contribution < -0.4 is 14.8 Å². The first-order valence-electron chi connectivity index (χ1n) is 7.86. The van der Waals surface area contributed by atoms with Crippen molar-refractivity contribution >= 4 is 11.9 Å². The van der Waals surface area contributed by atoms with E-state index in [-0.39, 0.29) is 12.0 Å². The maximum atomic E-state index is 13.4. The molecule has 0 saturated carbocycles. The summed E-state index contributed by atoms with van der Waals surface area (Å²) in [6, 6.07) is 8.03. The normalized spacial score (nSPS) is 11.5. The van der Waals surface area contributed by atoms with Crippen molar-refractivity contribution < 1.29 is 28.6 Å². The van der Waals surface area contributed by atoms with Crippen LogP contribution in [0.4, 0.5) is 4.39 Å². The van der Waals surface area contributed by atoms with Gasteiger partial charge < -0.3 is 19.9 Å². The van der Waals surface area contributed by atoms with Crippen molar-refractivity contribution in [2.24, 2.45) is 0 Å². The average molecular weight is 361 g/mol. The number of carboxylic acids is 1. The molecule has 0 aromatic heterocycles. The van der Waals surface area contributed by atoms with Crippen LogP contribution in [-0.2, 0) is 4.79 Å². The Kier molecular flexibility index (Phi) is 6.16. The van der Waals surface area contributed by atoms with E-state index in [1.165, 1.54) is 32.4 Å². The van der Waals surface area contributed by atoms with E-state index in [1.54, 1.807) is 25.1 Å². The summed E-state index contributed by atoms with van der Waals surface area (Å²) in [6.45, 7) is 1.55. The number of benzene rings is 2. The van der Waals surface area contributed by atoms with Gasteiger partial charge in [0, 0.05) is 17.2 Å². The topological polar surface area (TPSA) is 84.9 Å². The minimum absolute atomic E-state index is 0.242. The molecule has 0 aliphatic heterocycles. The Morgan fingerprint density at radius 3 is 2.46 bits per heavy atom. The zero-order valence-electron chi connectivity index (χ0n) is 14.7. The summed E-state index contributed by atoms with van der Waals surface area (Å²) < 4.78 is 23.8. The second-order valence-electron chi connectivity index (χ2n) is 5.70. The van der Waals surface area contributed by atoms with Gasteiger partial charge in [0.05, 0.1) is 26.7 Å². The van der Waals surface area contributed by atoms with Gasteiger partial charge >= 0.3 is 5.97 Å². The van der Waals surface area contributed by atoms with E-state index in [9.17, 15) is 19.1 Å². The number of carbonyl (C=O) groups is 2. The van der Waals surface area contributed by atoms with Crippen LogP contribution in [0.2, 0.25) is 0 Å². The summed E-state index contributed by atoms with van der Waals surface area (Å²) in [4.78, 5) is 23.8. The van der Waals surface area contributed by atoms with Gasteiger partial charge in [-0.15, -0.1) is 0 Å². The van der Waals surface area contributed by atoms with Crippen molar-refractivity contribution in [3.05, 3.63) is 58.9 Å². The fourth-order valence-corrected chi connectivity index (χ4v) is 2.55. The molecule has 138 valence electrons. The molecule has 2 aromatic rings. The number of halogens is 1. The fraction of sp³-hybridized carbons (Fsp3) is 0.263. The first kappa shape index (κ1) is 19.2. The molecule has 0 bridgehead atoms. The average Bonchev–Trinajstić information content (AvgIpc) is 2.62. The monoisotopic (exact) mass is 361 g/mol. The molecule has 0 aliphatic carbocycles. The van der Waals surface area contributed by atoms with Crippen molar-refractivity contribution in [1.29, 1.82) is 0 Å². The highest BCUT2D eigenvalue weighted by atomic mass is 19.1. The lowest BCUT2D eigenvalue weighted by atomic mass is 10.0. The number of methoxy groups -OCH3 is 2. The Bertz CT molecular complexity index is 822. The number of aliphatic carboxylic acids is 1. The highest BCUT2D eigenvalue weighted by Gasteiger charge is 2.23. The molecule has 7 heteroatoms. The predicted molar refractivity (Wildman–Crippen MR) is 93.1 cm³/mol. The van der Waals surface area contributed by atoms with Crippen molar-refractivity contribution in [1.82, 2.24) is 5.32 Å². The largest absolute Gasteiger partial charge is 0.497 e. The van der Waals surface area contributed by atoms with E-state index >= 15 is 0 Å². The SMILES string of the molecule is COc1ccc(C(CC(=O)O)NC(=O)c2ccc(F)c(C)c2)c(OC)c1. The summed E-state index contributed by atoms with van der Waals surface area (Å²) in [7, 11) is 2.95. The van der Waals surface area contributed by atoms with E-state index in [4.69, 9.17) is 9.47 Å². The highest BCUT2D eigenvalue weighted by molar-refractivity contribution is 5.95. The minimum atomic E-state index is -1.08. The van der Waals surface area contributed by atoms with Gasteiger partial charge in [-0.3, -0.25) is 9.59 Å². The number of ether oxygens (including phenoxy) is 2. The molecule has 2 N–H and O–H groups in total. The molecular weight excluding hydrogens is 341 g/mol. The Morgan fingerprint density at radius 1 is 1.15 bits per heavy atom. The summed E-state index contributed by atoms with van der Waals surface area (Å²) in [5.41, 5.74) is 1.07. The Hall–Kier alpha value is -3.09. The maximum Gasteiger partial charge on any atom is 0.305 e. The third-order valence-corrected chi connectivity index (χ3v) is 3.92. The number of rotatable bonds is 7. The lowest BCUT2D eigenvalue weighted by molar-refractivity contribution is -0.137. The van der Waals surface area contributed by atoms with E-state index in [2.05, 4.69) is 5.32 Å². The molecule has 6 nitrogen and oxygen atoms in total. The van der Waals surface area contributed by atoms with Gasteiger partial charge in [-0.05, 0) is 42.8 Å². The number of amides is 1. The summed E-state index contributed by atoms with van der Waals surface area (Å²) in [5, 5.41) is 11.9. The fourth-order valence-electron chi connectivity index (χ4n) is 2.55. The molecule has 2 rings (SSSR count). The Labute approximate surface area is 150 Å². The van der Waals surface area contributed by atoms with Crippen molar-refractivity contribution in [3.63, 3.8) is 0 Å². The van der Waals surface area contributed by atoms with Gasteiger partial charge in [-0.2, -0.15) is 0 Å². The molecule has 2 aromatic carbocycles. The Balaban J connectivity index is 2.34. The van der Waals surface area contributed by atoms with Gasteiger partial charge in [-0.25, -0.2) is 4.39 Å². The second kappa shape index (κ2) is 8.33. The number of carbonyl (C=O) groups excluding carboxylic acids is 1. The summed E-state index contributed by atoms with van der Waals surface area (Å²) in [5.74, 6) is -1.06. The standard InChI is InChI=1S/C19H20FNO5/c1-11-8-12(4-7-15(11)20)19(24)21-16(10-18(22)23)14-6-5-13(25-2)9-17(14)26-3/h4-9,16H,10H2,1-3H3,(H,21,24)(H,22,23). The van der Waals surface area contributed by atoms with Crippen LogP contribution in [-0.4, -0.2) is 31.2 Å². The Morgan fingerprint density at radius 2 is 1.88 bits per heavy atom. The van der Waals surface area contributed by atoms with Gasteiger partial charge in [0.25, 0.3) is 5.91 Å². The van der Waals surface area contributed by atoms with Gasteiger partial charge in [0.2, 0.25) is 0 Å². The molecule has 0 aliphatic rings. The van der Waals surface area contributed by atoms with Gasteiger partial charge in [0.1, 0.15) is 17.3 Å². The molecule has 0 heterocycles. The zero-order valence-corrected chi connectivity index (χ0v) is 14.7. The molecule has 0 fully saturated rings. The van der Waals surface area contributed by atoms with E-state index in [0.29, 0.717) is 22.6 Å². The third-order valence-electron chi connectivity index (χ3n) is 3.92. The van der Waals surface area contributed by atoms with E-state index < -0.39 is 23.7 Å². The molecule has 0 spiro atoms. The van der Waals surface area contributed by atoms with Crippen LogP contribution in [0.3, 0.4) is 0 Å². The molecule has 26 heavy (non-hydrogen) atoms. The number of carboxylic acid groups (broad SMARTS) is 1. The summed E-state index contributed by atoms with van der Waals surface area (Å²) >= 11 is 0. The lowest BCUT2D eigenvalue weighted by Gasteiger charge is -2.20. The number of aryl methyl sites for hydroxylation is 1. The molecule has 0 saturated heterocycles. The third kappa shape index (κ3) is 4.50. The number of nitrogens with one attached hydrogen (secondary N) is 1. The van der Waals surface area contributed by atoms with Crippen molar-refractivity contribution in [2.45, 2.75) is 19.4 Å². The van der Waals surface area contributed by atoms with Crippen LogP contribution >= 0.6 is 0 Å². The minimum Gasteiger partial charge on any atom is -0.497 e. The van der Waals surface area contributed by atoms with Crippen LogP contribution in [0.15, 0.2) is 36.4 Å². The highest BCUT2D eigenvalue weighted by Crippen LogP contribution is 2.31. The van der Waals surface area contributed by atoms with Gasteiger partial charge in [0.15, 0.2) is 0 Å². The molecule has 0 radical (unpaired) electrons. The van der Waals surface area contributed by atoms with Crippen LogP contribution in [0.25, 0.3) is 0 Å². The van der Waals surface area contributed by atoms with Crippen LogP contribution in [0.5, 0.6) is 11.5 Å². The number of hydrogen-bond acceptors (Lipinski definition) is 4. The van der Waals surface area contributed by atoms with E-state index in [1.807, 2.05) is 0 Å². The van der Waals surface area contributed by atoms with Crippen LogP contribution in [0, 0.1) is 12.7 Å². The molecule has 1 atom stereocenters. The van der Waals surface area contributed by atoms with Crippen LogP contribution in [0.1, 0.15) is 33.9 Å². The maximum absolute atomic E-state index is 13.4. The second-order valence-corrected chi connectivity index (χ2v) is 5.70. The quantitative estimate of drug-likeness (QED) is 0.792. The van der Waals surface area contributed by atoms with Crippen molar-refractivity contribution in [2.75, 3.05) is 14.2 Å². The summed E-state index contributed by atoms with van der Waals surface area (Å²) in [6.07, 6.45) is -0.339. The molecule has 1 unspecified atom stereocenters. The zero-order chi connectivity index (χ0) is 19.3. The van der Waals surface area contributed by atoms with Gasteiger partial charge in [-0.1, -0.05) is 0 Å². The predicted octanol–water partition coefficient (Wildman–Crippen LogP) is 3.10. The first-order valence-corrected chi connectivity index (χ1v) is 7.86. The smallest absolute Gasteiger partial charge is 0.305 e. The lowest BCUT2D eigenvalue weighted by Crippen LogP contribution is -2.30. The van der Waals surface area contributed by atoms with Crippen molar-refractivity contribution in [3.8, 4) is 11.5 Å². The molecular formula is C19H20FNO5. The molecule has 1 amide bonds. The first-order chi connectivity index (χ1) is 12.3.